The van der Waals surface area contributed by atoms with Gasteiger partial charge in [0.05, 0.1) is 14.2 Å². The minimum atomic E-state index is -0.825. The van der Waals surface area contributed by atoms with Crippen LogP contribution < -0.4 is 9.47 Å². The predicted molar refractivity (Wildman–Crippen MR) is 83.5 cm³/mol. The Morgan fingerprint density at radius 1 is 1.27 bits per heavy atom. The van der Waals surface area contributed by atoms with Crippen molar-refractivity contribution in [2.24, 2.45) is 11.8 Å². The van der Waals surface area contributed by atoms with E-state index in [0.29, 0.717) is 11.8 Å². The lowest BCUT2D eigenvalue weighted by Crippen LogP contribution is -2.30. The zero-order chi connectivity index (χ0) is 15.7. The molecule has 118 valence electrons. The molecule has 22 heavy (non-hydrogen) atoms. The number of methoxy groups -OCH3 is 2. The summed E-state index contributed by atoms with van der Waals surface area (Å²) in [5.74, 6) is 1.65. The zero-order valence-corrected chi connectivity index (χ0v) is 13.1. The number of carboxylic acid groups (broad SMARTS) is 1. The lowest BCUT2D eigenvalue weighted by Gasteiger charge is -2.39. The first-order valence-corrected chi connectivity index (χ1v) is 7.80. The Morgan fingerprint density at radius 2 is 2.09 bits per heavy atom. The number of aliphatic carboxylic acids is 1. The van der Waals surface area contributed by atoms with Gasteiger partial charge in [0.25, 0.3) is 0 Å². The topological polar surface area (TPSA) is 55.8 Å². The van der Waals surface area contributed by atoms with Crippen molar-refractivity contribution >= 4 is 5.97 Å². The predicted octanol–water partition coefficient (Wildman–Crippen LogP) is 3.23. The van der Waals surface area contributed by atoms with Gasteiger partial charge in [-0.1, -0.05) is 11.6 Å². The molecule has 3 rings (SSSR count). The molecule has 0 amide bonds. The van der Waals surface area contributed by atoms with E-state index < -0.39 is 5.97 Å². The molecule has 0 aromatic heterocycles. The second kappa shape index (κ2) is 6.03. The maximum absolute atomic E-state index is 11.1. The van der Waals surface area contributed by atoms with Crippen molar-refractivity contribution < 1.29 is 19.4 Å². The van der Waals surface area contributed by atoms with Gasteiger partial charge >= 0.3 is 5.97 Å². The first-order chi connectivity index (χ1) is 10.6. The van der Waals surface area contributed by atoms with Crippen molar-refractivity contribution in [3.05, 3.63) is 34.9 Å². The highest BCUT2D eigenvalue weighted by atomic mass is 16.5. The van der Waals surface area contributed by atoms with E-state index in [1.165, 1.54) is 17.2 Å². The maximum atomic E-state index is 11.1. The van der Waals surface area contributed by atoms with Gasteiger partial charge in [-0.15, -0.1) is 0 Å². The van der Waals surface area contributed by atoms with Gasteiger partial charge < -0.3 is 14.6 Å². The number of benzene rings is 1. The van der Waals surface area contributed by atoms with Crippen LogP contribution in [0, 0.1) is 11.8 Å². The molecule has 4 nitrogen and oxygen atoms in total. The van der Waals surface area contributed by atoms with Gasteiger partial charge in [-0.25, -0.2) is 4.79 Å². The van der Waals surface area contributed by atoms with E-state index in [9.17, 15) is 4.79 Å². The lowest BCUT2D eigenvalue weighted by molar-refractivity contribution is -0.131. The third-order valence-electron chi connectivity index (χ3n) is 5.05. The van der Waals surface area contributed by atoms with E-state index in [-0.39, 0.29) is 0 Å². The maximum Gasteiger partial charge on any atom is 0.328 e. The van der Waals surface area contributed by atoms with E-state index >= 15 is 0 Å². The van der Waals surface area contributed by atoms with E-state index in [2.05, 4.69) is 6.07 Å². The SMILES string of the molecule is COc1ccc2c(c1OC)CC1CCCC(=CC(=O)O)C1C2. The van der Waals surface area contributed by atoms with Gasteiger partial charge in [0.1, 0.15) is 0 Å². The number of hydrogen-bond donors (Lipinski definition) is 1. The van der Waals surface area contributed by atoms with Crippen LogP contribution in [-0.2, 0) is 17.6 Å². The van der Waals surface area contributed by atoms with Gasteiger partial charge in [-0.05, 0) is 55.6 Å². The molecule has 2 unspecified atom stereocenters. The summed E-state index contributed by atoms with van der Waals surface area (Å²) >= 11 is 0. The standard InChI is InChI=1S/C18H22O4/c1-21-16-7-6-13-8-14-11(9-15(13)18(16)22-2)4-3-5-12(14)10-17(19)20/h6-7,10-11,14H,3-5,8-9H2,1-2H3,(H,19,20). The van der Waals surface area contributed by atoms with Crippen LogP contribution in [0.5, 0.6) is 11.5 Å². The molecule has 1 saturated carbocycles. The molecule has 0 aliphatic heterocycles. The number of rotatable bonds is 3. The summed E-state index contributed by atoms with van der Waals surface area (Å²) in [6.07, 6.45) is 6.42. The Morgan fingerprint density at radius 3 is 2.77 bits per heavy atom. The van der Waals surface area contributed by atoms with Crippen molar-refractivity contribution in [3.8, 4) is 11.5 Å². The number of carbonyl (C=O) groups is 1. The summed E-state index contributed by atoms with van der Waals surface area (Å²) in [7, 11) is 3.34. The highest BCUT2D eigenvalue weighted by Crippen LogP contribution is 2.46. The fourth-order valence-corrected chi connectivity index (χ4v) is 4.08. The van der Waals surface area contributed by atoms with Gasteiger partial charge in [0, 0.05) is 11.6 Å². The molecular weight excluding hydrogens is 280 g/mol. The fourth-order valence-electron chi connectivity index (χ4n) is 4.08. The van der Waals surface area contributed by atoms with Gasteiger partial charge in [-0.3, -0.25) is 0 Å². The minimum Gasteiger partial charge on any atom is -0.493 e. The summed E-state index contributed by atoms with van der Waals surface area (Å²) in [5.41, 5.74) is 3.60. The summed E-state index contributed by atoms with van der Waals surface area (Å²) in [6, 6.07) is 4.04. The van der Waals surface area contributed by atoms with Crippen LogP contribution in [0.2, 0.25) is 0 Å². The Balaban J connectivity index is 1.99. The summed E-state index contributed by atoms with van der Waals surface area (Å²) in [4.78, 5) is 11.1. The quantitative estimate of drug-likeness (QED) is 0.871. The van der Waals surface area contributed by atoms with Gasteiger partial charge in [0.15, 0.2) is 11.5 Å². The zero-order valence-electron chi connectivity index (χ0n) is 13.1. The van der Waals surface area contributed by atoms with E-state index in [1.807, 2.05) is 6.07 Å². The van der Waals surface area contributed by atoms with Gasteiger partial charge in [-0.2, -0.15) is 0 Å². The van der Waals surface area contributed by atoms with Crippen LogP contribution in [-0.4, -0.2) is 25.3 Å². The smallest absolute Gasteiger partial charge is 0.328 e. The molecule has 4 heteroatoms. The molecule has 0 bridgehead atoms. The second-order valence-electron chi connectivity index (χ2n) is 6.16. The first kappa shape index (κ1) is 14.9. The molecule has 1 aromatic rings. The Labute approximate surface area is 130 Å². The van der Waals surface area contributed by atoms with E-state index in [1.54, 1.807) is 14.2 Å². The minimum absolute atomic E-state index is 0.357. The molecule has 1 aromatic carbocycles. The van der Waals surface area contributed by atoms with Crippen LogP contribution in [0.3, 0.4) is 0 Å². The molecule has 1 N–H and O–H groups in total. The highest BCUT2D eigenvalue weighted by molar-refractivity contribution is 5.80. The largest absolute Gasteiger partial charge is 0.493 e. The molecule has 2 atom stereocenters. The van der Waals surface area contributed by atoms with Crippen LogP contribution in [0.25, 0.3) is 0 Å². The average molecular weight is 302 g/mol. The third-order valence-corrected chi connectivity index (χ3v) is 5.05. The second-order valence-corrected chi connectivity index (χ2v) is 6.16. The number of allylic oxidation sites excluding steroid dienone is 1. The van der Waals surface area contributed by atoms with Crippen molar-refractivity contribution in [1.82, 2.24) is 0 Å². The molecule has 1 fully saturated rings. The number of ether oxygens (including phenoxy) is 2. The molecule has 2 aliphatic rings. The number of hydrogen-bond acceptors (Lipinski definition) is 3. The number of fused-ring (bicyclic) bond motifs is 2. The van der Waals surface area contributed by atoms with Crippen LogP contribution in [0.15, 0.2) is 23.8 Å². The summed E-state index contributed by atoms with van der Waals surface area (Å²) < 4.78 is 11.0. The van der Waals surface area contributed by atoms with Crippen LogP contribution >= 0.6 is 0 Å². The Kier molecular flexibility index (Phi) is 4.10. The Hall–Kier alpha value is -1.97. The van der Waals surface area contributed by atoms with Crippen LogP contribution in [0.4, 0.5) is 0 Å². The van der Waals surface area contributed by atoms with Crippen molar-refractivity contribution in [1.29, 1.82) is 0 Å². The van der Waals surface area contributed by atoms with Crippen molar-refractivity contribution in [3.63, 3.8) is 0 Å². The first-order valence-electron chi connectivity index (χ1n) is 7.80. The Bertz CT molecular complexity index is 618. The molecular formula is C18H22O4. The lowest BCUT2D eigenvalue weighted by atomic mass is 9.66. The van der Waals surface area contributed by atoms with Crippen LogP contribution in [0.1, 0.15) is 30.4 Å². The number of carboxylic acids is 1. The molecule has 0 spiro atoms. The molecule has 0 radical (unpaired) electrons. The molecule has 0 heterocycles. The summed E-state index contributed by atoms with van der Waals surface area (Å²) in [6.45, 7) is 0. The van der Waals surface area contributed by atoms with Crippen molar-refractivity contribution in [2.75, 3.05) is 14.2 Å². The van der Waals surface area contributed by atoms with E-state index in [0.717, 1.165) is 49.2 Å². The molecule has 2 aliphatic carbocycles. The summed E-state index contributed by atoms with van der Waals surface area (Å²) in [5, 5.41) is 9.09. The van der Waals surface area contributed by atoms with E-state index in [4.69, 9.17) is 14.6 Å². The normalized spacial score (nSPS) is 25.3. The fraction of sp³-hybridized carbons (Fsp3) is 0.500. The average Bonchev–Trinajstić information content (AvgIpc) is 2.51. The third kappa shape index (κ3) is 2.58. The van der Waals surface area contributed by atoms with Gasteiger partial charge in [0.2, 0.25) is 0 Å². The molecule has 0 saturated heterocycles. The highest BCUT2D eigenvalue weighted by Gasteiger charge is 2.35. The monoisotopic (exact) mass is 302 g/mol. The van der Waals surface area contributed by atoms with Crippen molar-refractivity contribution in [2.45, 2.75) is 32.1 Å².